The summed E-state index contributed by atoms with van der Waals surface area (Å²) in [5.74, 6) is 0.0995. The van der Waals surface area contributed by atoms with Gasteiger partial charge in [-0.25, -0.2) is 5.48 Å². The van der Waals surface area contributed by atoms with E-state index in [1.54, 1.807) is 12.6 Å². The minimum absolute atomic E-state index is 0.258. The van der Waals surface area contributed by atoms with Crippen molar-refractivity contribution in [3.63, 3.8) is 0 Å². The molecule has 3 rings (SSSR count). The standard InChI is InChI=1S/C18H25N3O5S/c1-26-16-7-5-14(6-8-16)15-9-12-20(13-10-15)27(24,25)21-11-3-2-4-17(21)18(22)19-23/h5-9,17,23H,2-4,10-13H2,1H3,(H,19,22)/t17-/m1/s1. The molecule has 0 radical (unpaired) electrons. The summed E-state index contributed by atoms with van der Waals surface area (Å²) >= 11 is 0. The summed E-state index contributed by atoms with van der Waals surface area (Å²) in [7, 11) is -2.16. The predicted octanol–water partition coefficient (Wildman–Crippen LogP) is 1.39. The van der Waals surface area contributed by atoms with Gasteiger partial charge in [0.1, 0.15) is 11.8 Å². The molecule has 1 fully saturated rings. The fourth-order valence-electron chi connectivity index (χ4n) is 3.59. The van der Waals surface area contributed by atoms with Gasteiger partial charge in [0.2, 0.25) is 0 Å². The minimum Gasteiger partial charge on any atom is -0.497 e. The number of ether oxygens (including phenoxy) is 1. The highest BCUT2D eigenvalue weighted by Crippen LogP contribution is 2.28. The number of nitrogens with zero attached hydrogens (tertiary/aromatic N) is 2. The lowest BCUT2D eigenvalue weighted by atomic mass is 10.0. The summed E-state index contributed by atoms with van der Waals surface area (Å²) < 4.78 is 33.9. The minimum atomic E-state index is -3.78. The quantitative estimate of drug-likeness (QED) is 0.580. The van der Waals surface area contributed by atoms with Crippen molar-refractivity contribution in [3.05, 3.63) is 35.9 Å². The van der Waals surface area contributed by atoms with Gasteiger partial charge in [-0.05, 0) is 42.5 Å². The molecule has 2 aliphatic heterocycles. The summed E-state index contributed by atoms with van der Waals surface area (Å²) in [5, 5.41) is 8.93. The van der Waals surface area contributed by atoms with Crippen molar-refractivity contribution in [3.8, 4) is 5.75 Å². The largest absolute Gasteiger partial charge is 0.497 e. The first-order valence-corrected chi connectivity index (χ1v) is 10.4. The van der Waals surface area contributed by atoms with E-state index in [0.29, 0.717) is 25.8 Å². The van der Waals surface area contributed by atoms with Crippen molar-refractivity contribution in [2.24, 2.45) is 0 Å². The van der Waals surface area contributed by atoms with Crippen LogP contribution in [0, 0.1) is 0 Å². The Morgan fingerprint density at radius 1 is 1.22 bits per heavy atom. The second-order valence-electron chi connectivity index (χ2n) is 6.67. The monoisotopic (exact) mass is 395 g/mol. The van der Waals surface area contributed by atoms with Gasteiger partial charge in [-0.1, -0.05) is 24.6 Å². The van der Waals surface area contributed by atoms with Crippen LogP contribution in [-0.4, -0.2) is 60.9 Å². The maximum Gasteiger partial charge on any atom is 0.283 e. The van der Waals surface area contributed by atoms with Crippen LogP contribution in [-0.2, 0) is 15.0 Å². The zero-order valence-electron chi connectivity index (χ0n) is 15.3. The number of piperidine rings is 1. The van der Waals surface area contributed by atoms with Gasteiger partial charge in [0, 0.05) is 19.6 Å². The second kappa shape index (κ2) is 8.39. The maximum absolute atomic E-state index is 13.0. The summed E-state index contributed by atoms with van der Waals surface area (Å²) in [6, 6.07) is 6.82. The van der Waals surface area contributed by atoms with Crippen molar-refractivity contribution < 1.29 is 23.2 Å². The van der Waals surface area contributed by atoms with E-state index in [2.05, 4.69) is 0 Å². The molecule has 1 amide bonds. The van der Waals surface area contributed by atoms with Gasteiger partial charge in [-0.2, -0.15) is 17.0 Å². The van der Waals surface area contributed by atoms with Crippen LogP contribution in [0.25, 0.3) is 5.57 Å². The second-order valence-corrected chi connectivity index (χ2v) is 8.55. The lowest BCUT2D eigenvalue weighted by Crippen LogP contribution is -2.56. The van der Waals surface area contributed by atoms with Gasteiger partial charge >= 0.3 is 0 Å². The Morgan fingerprint density at radius 3 is 2.56 bits per heavy atom. The van der Waals surface area contributed by atoms with E-state index >= 15 is 0 Å². The highest BCUT2D eigenvalue weighted by Gasteiger charge is 2.40. The van der Waals surface area contributed by atoms with Crippen LogP contribution in [0.5, 0.6) is 5.75 Å². The van der Waals surface area contributed by atoms with Crippen molar-refractivity contribution >= 4 is 21.7 Å². The number of carbonyl (C=O) groups excluding carboxylic acids is 1. The molecule has 0 spiro atoms. The Labute approximate surface area is 159 Å². The highest BCUT2D eigenvalue weighted by atomic mass is 32.2. The summed E-state index contributed by atoms with van der Waals surface area (Å²) in [5.41, 5.74) is 3.73. The Balaban J connectivity index is 1.74. The first kappa shape index (κ1) is 19.8. The zero-order chi connectivity index (χ0) is 19.4. The van der Waals surface area contributed by atoms with E-state index in [0.717, 1.165) is 23.3 Å². The molecule has 1 aromatic rings. The number of rotatable bonds is 5. The van der Waals surface area contributed by atoms with Crippen molar-refractivity contribution in [1.82, 2.24) is 14.1 Å². The van der Waals surface area contributed by atoms with Crippen LogP contribution in [0.4, 0.5) is 0 Å². The Kier molecular flexibility index (Phi) is 6.15. The third-order valence-electron chi connectivity index (χ3n) is 5.12. The van der Waals surface area contributed by atoms with Gasteiger partial charge < -0.3 is 4.74 Å². The molecule has 0 aliphatic carbocycles. The van der Waals surface area contributed by atoms with Crippen LogP contribution in [0.15, 0.2) is 30.3 Å². The number of methoxy groups -OCH3 is 1. The average Bonchev–Trinajstić information content (AvgIpc) is 2.73. The molecule has 1 saturated heterocycles. The third kappa shape index (κ3) is 4.16. The number of hydroxylamine groups is 1. The molecule has 8 nitrogen and oxygen atoms in total. The smallest absolute Gasteiger partial charge is 0.283 e. The normalized spacial score (nSPS) is 22.1. The van der Waals surface area contributed by atoms with Gasteiger partial charge in [0.05, 0.1) is 7.11 Å². The summed E-state index contributed by atoms with van der Waals surface area (Å²) in [6.07, 6.45) is 4.37. The van der Waals surface area contributed by atoms with Crippen molar-refractivity contribution in [2.45, 2.75) is 31.7 Å². The number of benzene rings is 1. The van der Waals surface area contributed by atoms with E-state index in [1.807, 2.05) is 30.3 Å². The SMILES string of the molecule is COc1ccc(C2=CCN(S(=O)(=O)N3CCCC[C@@H]3C(=O)NO)CC2)cc1. The van der Waals surface area contributed by atoms with E-state index in [1.165, 1.54) is 8.61 Å². The predicted molar refractivity (Wildman–Crippen MR) is 100 cm³/mol. The van der Waals surface area contributed by atoms with Gasteiger partial charge in [0.25, 0.3) is 16.1 Å². The van der Waals surface area contributed by atoms with Crippen LogP contribution in [0.1, 0.15) is 31.2 Å². The Morgan fingerprint density at radius 2 is 1.96 bits per heavy atom. The Hall–Kier alpha value is -1.94. The topological polar surface area (TPSA) is 99.2 Å². The van der Waals surface area contributed by atoms with E-state index in [4.69, 9.17) is 9.94 Å². The zero-order valence-corrected chi connectivity index (χ0v) is 16.1. The molecule has 2 aliphatic rings. The van der Waals surface area contributed by atoms with Crippen LogP contribution in [0.3, 0.4) is 0 Å². The highest BCUT2D eigenvalue weighted by molar-refractivity contribution is 7.86. The molecule has 0 unspecified atom stereocenters. The molecule has 1 atom stereocenters. The third-order valence-corrected chi connectivity index (χ3v) is 7.14. The van der Waals surface area contributed by atoms with Crippen molar-refractivity contribution in [2.75, 3.05) is 26.7 Å². The molecule has 0 aromatic heterocycles. The van der Waals surface area contributed by atoms with Crippen LogP contribution >= 0.6 is 0 Å². The fourth-order valence-corrected chi connectivity index (χ4v) is 5.36. The number of hydrogen-bond acceptors (Lipinski definition) is 5. The summed E-state index contributed by atoms with van der Waals surface area (Å²) in [4.78, 5) is 11.9. The molecular formula is C18H25N3O5S. The van der Waals surface area contributed by atoms with Crippen LogP contribution < -0.4 is 10.2 Å². The molecule has 148 valence electrons. The van der Waals surface area contributed by atoms with Gasteiger partial charge in [0.15, 0.2) is 0 Å². The molecule has 9 heteroatoms. The Bertz CT molecular complexity index is 807. The first-order valence-electron chi connectivity index (χ1n) is 9.01. The average molecular weight is 395 g/mol. The molecule has 0 saturated carbocycles. The van der Waals surface area contributed by atoms with Gasteiger partial charge in [-0.15, -0.1) is 0 Å². The lowest BCUT2D eigenvalue weighted by Gasteiger charge is -2.37. The molecular weight excluding hydrogens is 370 g/mol. The number of amides is 1. The lowest BCUT2D eigenvalue weighted by molar-refractivity contribution is -0.134. The van der Waals surface area contributed by atoms with Crippen LogP contribution in [0.2, 0.25) is 0 Å². The molecule has 0 bridgehead atoms. The van der Waals surface area contributed by atoms with Gasteiger partial charge in [-0.3, -0.25) is 10.0 Å². The van der Waals surface area contributed by atoms with E-state index < -0.39 is 22.2 Å². The number of hydrogen-bond donors (Lipinski definition) is 2. The maximum atomic E-state index is 13.0. The molecule has 27 heavy (non-hydrogen) atoms. The van der Waals surface area contributed by atoms with E-state index in [9.17, 15) is 13.2 Å². The molecule has 2 heterocycles. The number of nitrogens with one attached hydrogen (secondary N) is 1. The molecule has 1 aromatic carbocycles. The van der Waals surface area contributed by atoms with E-state index in [-0.39, 0.29) is 13.1 Å². The molecule has 2 N–H and O–H groups in total. The summed E-state index contributed by atoms with van der Waals surface area (Å²) in [6.45, 7) is 0.893. The number of carbonyl (C=O) groups is 1. The fraction of sp³-hybridized carbons (Fsp3) is 0.500. The van der Waals surface area contributed by atoms with Crippen molar-refractivity contribution in [1.29, 1.82) is 0 Å². The first-order chi connectivity index (χ1) is 13.0.